The quantitative estimate of drug-likeness (QED) is 0.580. The van der Waals surface area contributed by atoms with Gasteiger partial charge in [0.05, 0.1) is 16.9 Å². The minimum Gasteiger partial charge on any atom is -0.332 e. The van der Waals surface area contributed by atoms with Crippen molar-refractivity contribution in [1.82, 2.24) is 23.8 Å². The van der Waals surface area contributed by atoms with Crippen LogP contribution in [0, 0.1) is 5.92 Å². The molecule has 0 radical (unpaired) electrons. The molecule has 2 fully saturated rings. The Hall–Kier alpha value is -2.49. The van der Waals surface area contributed by atoms with E-state index in [4.69, 9.17) is 11.6 Å². The molecule has 32 heavy (non-hydrogen) atoms. The molecule has 0 bridgehead atoms. The molecule has 2 aliphatic heterocycles. The van der Waals surface area contributed by atoms with Gasteiger partial charge in [-0.3, -0.25) is 9.20 Å². The average molecular weight is 474 g/mol. The second-order valence-corrected chi connectivity index (χ2v) is 10.7. The van der Waals surface area contributed by atoms with Gasteiger partial charge in [-0.25, -0.2) is 8.42 Å². The van der Waals surface area contributed by atoms with Gasteiger partial charge >= 0.3 is 0 Å². The Morgan fingerprint density at radius 2 is 1.78 bits per heavy atom. The molecule has 2 atom stereocenters. The molecule has 168 valence electrons. The fraction of sp³-hybridized carbons (Fsp3) is 0.409. The van der Waals surface area contributed by atoms with Crippen molar-refractivity contribution < 1.29 is 13.2 Å². The highest BCUT2D eigenvalue weighted by molar-refractivity contribution is 7.89. The summed E-state index contributed by atoms with van der Waals surface area (Å²) in [6.07, 6.45) is 4.94. The number of benzene rings is 1. The van der Waals surface area contributed by atoms with Crippen LogP contribution < -0.4 is 0 Å². The number of hydrogen-bond donors (Lipinski definition) is 0. The number of carbonyl (C=O) groups excluding carboxylic acids is 1. The molecule has 2 aromatic heterocycles. The van der Waals surface area contributed by atoms with Crippen molar-refractivity contribution in [3.63, 3.8) is 0 Å². The number of sulfonamides is 1. The highest BCUT2D eigenvalue weighted by atomic mass is 35.5. The van der Waals surface area contributed by atoms with Gasteiger partial charge in [0, 0.05) is 30.9 Å². The molecule has 0 spiro atoms. The first-order valence-corrected chi connectivity index (χ1v) is 12.6. The molecule has 3 aromatic rings. The lowest BCUT2D eigenvalue weighted by Gasteiger charge is -2.34. The Bertz CT molecular complexity index is 1240. The van der Waals surface area contributed by atoms with Gasteiger partial charge in [0.2, 0.25) is 15.9 Å². The number of fused-ring (bicyclic) bond motifs is 1. The molecule has 8 nitrogen and oxygen atoms in total. The van der Waals surface area contributed by atoms with Crippen molar-refractivity contribution in [3.05, 3.63) is 59.5 Å². The summed E-state index contributed by atoms with van der Waals surface area (Å²) in [6.45, 7) is 1.24. The van der Waals surface area contributed by atoms with Gasteiger partial charge in [-0.05, 0) is 62.1 Å². The summed E-state index contributed by atoms with van der Waals surface area (Å²) in [7, 11) is -3.68. The molecule has 2 saturated heterocycles. The molecule has 2 aliphatic rings. The molecule has 10 heteroatoms. The average Bonchev–Trinajstić information content (AvgIpc) is 3.46. The van der Waals surface area contributed by atoms with Crippen LogP contribution in [0.3, 0.4) is 0 Å². The number of piperidine rings is 1. The topological polar surface area (TPSA) is 87.9 Å². The predicted molar refractivity (Wildman–Crippen MR) is 120 cm³/mol. The monoisotopic (exact) mass is 473 g/mol. The number of nitrogens with zero attached hydrogens (tertiary/aromatic N) is 5. The van der Waals surface area contributed by atoms with E-state index in [0.29, 0.717) is 31.0 Å². The third-order valence-corrected chi connectivity index (χ3v) is 8.49. The van der Waals surface area contributed by atoms with Crippen LogP contribution in [0.25, 0.3) is 5.65 Å². The van der Waals surface area contributed by atoms with E-state index in [2.05, 4.69) is 10.2 Å². The summed E-state index contributed by atoms with van der Waals surface area (Å²) in [5.41, 5.74) is 0.750. The number of pyridine rings is 1. The van der Waals surface area contributed by atoms with Crippen molar-refractivity contribution in [3.8, 4) is 0 Å². The van der Waals surface area contributed by atoms with Gasteiger partial charge in [0.15, 0.2) is 11.5 Å². The summed E-state index contributed by atoms with van der Waals surface area (Å²) in [5.74, 6) is 0.384. The standard InChI is InChI=1S/C22H24ClN5O3S/c23-17-8-10-18(11-9-17)32(30,31)26-12-3-5-16(15-26)22(29)27-14-4-6-19(27)21-25-24-20-7-1-2-13-28(20)21/h1-2,7-11,13,16,19H,3-6,12,14-15H2/t16-,19-/m0/s1. The van der Waals surface area contributed by atoms with Crippen molar-refractivity contribution in [2.45, 2.75) is 36.6 Å². The van der Waals surface area contributed by atoms with E-state index in [-0.39, 0.29) is 29.3 Å². The maximum absolute atomic E-state index is 13.5. The van der Waals surface area contributed by atoms with E-state index in [9.17, 15) is 13.2 Å². The molecule has 5 rings (SSSR count). The fourth-order valence-corrected chi connectivity index (χ4v) is 6.39. The number of likely N-dealkylation sites (tertiary alicyclic amines) is 1. The van der Waals surface area contributed by atoms with Crippen LogP contribution >= 0.6 is 11.6 Å². The molecule has 1 aromatic carbocycles. The van der Waals surface area contributed by atoms with Crippen LogP contribution in [-0.2, 0) is 14.8 Å². The maximum Gasteiger partial charge on any atom is 0.243 e. The normalized spacial score (nSPS) is 22.5. The molecule has 0 saturated carbocycles. The minimum absolute atomic E-state index is 0.00353. The first-order chi connectivity index (χ1) is 15.4. The largest absolute Gasteiger partial charge is 0.332 e. The summed E-state index contributed by atoms with van der Waals surface area (Å²) in [6, 6.07) is 11.7. The second kappa shape index (κ2) is 8.46. The highest BCUT2D eigenvalue weighted by Crippen LogP contribution is 2.34. The first-order valence-electron chi connectivity index (χ1n) is 10.8. The lowest BCUT2D eigenvalue weighted by Crippen LogP contribution is -2.46. The van der Waals surface area contributed by atoms with Gasteiger partial charge in [-0.15, -0.1) is 10.2 Å². The van der Waals surface area contributed by atoms with E-state index >= 15 is 0 Å². The Morgan fingerprint density at radius 3 is 2.59 bits per heavy atom. The zero-order chi connectivity index (χ0) is 22.3. The van der Waals surface area contributed by atoms with Gasteiger partial charge in [-0.2, -0.15) is 4.31 Å². The van der Waals surface area contributed by atoms with E-state index in [1.54, 1.807) is 12.1 Å². The smallest absolute Gasteiger partial charge is 0.243 e. The molecule has 0 aliphatic carbocycles. The third-order valence-electron chi connectivity index (χ3n) is 6.36. The number of aromatic nitrogens is 3. The molecule has 0 unspecified atom stereocenters. The third kappa shape index (κ3) is 3.78. The number of rotatable bonds is 4. The fourth-order valence-electron chi connectivity index (χ4n) is 4.74. The van der Waals surface area contributed by atoms with Gasteiger partial charge in [0.1, 0.15) is 0 Å². The van der Waals surface area contributed by atoms with E-state index < -0.39 is 10.0 Å². The van der Waals surface area contributed by atoms with Crippen molar-refractivity contribution in [2.75, 3.05) is 19.6 Å². The lowest BCUT2D eigenvalue weighted by atomic mass is 9.97. The van der Waals surface area contributed by atoms with Crippen LogP contribution in [0.1, 0.15) is 37.5 Å². The summed E-state index contributed by atoms with van der Waals surface area (Å²) in [5, 5.41) is 9.07. The zero-order valence-electron chi connectivity index (χ0n) is 17.5. The summed E-state index contributed by atoms with van der Waals surface area (Å²) < 4.78 is 29.6. The molecular formula is C22H24ClN5O3S. The number of halogens is 1. The molecule has 0 N–H and O–H groups in total. The van der Waals surface area contributed by atoms with Crippen LogP contribution in [-0.4, -0.2) is 57.8 Å². The van der Waals surface area contributed by atoms with Crippen LogP contribution in [0.2, 0.25) is 5.02 Å². The summed E-state index contributed by atoms with van der Waals surface area (Å²) in [4.78, 5) is 15.6. The van der Waals surface area contributed by atoms with Crippen LogP contribution in [0.5, 0.6) is 0 Å². The van der Waals surface area contributed by atoms with Crippen LogP contribution in [0.15, 0.2) is 53.6 Å². The van der Waals surface area contributed by atoms with E-state index in [1.807, 2.05) is 33.7 Å². The minimum atomic E-state index is -3.68. The highest BCUT2D eigenvalue weighted by Gasteiger charge is 2.40. The van der Waals surface area contributed by atoms with Crippen molar-refractivity contribution >= 4 is 33.2 Å². The van der Waals surface area contributed by atoms with E-state index in [0.717, 1.165) is 24.3 Å². The van der Waals surface area contributed by atoms with E-state index in [1.165, 1.54) is 16.4 Å². The SMILES string of the molecule is O=C([C@H]1CCCN(S(=O)(=O)c2ccc(Cl)cc2)C1)N1CCC[C@H]1c1nnc2ccccn12. The number of amides is 1. The molecule has 4 heterocycles. The maximum atomic E-state index is 13.5. The second-order valence-electron chi connectivity index (χ2n) is 8.33. The lowest BCUT2D eigenvalue weighted by molar-refractivity contribution is -0.137. The Kier molecular flexibility index (Phi) is 5.65. The number of hydrogen-bond acceptors (Lipinski definition) is 5. The Labute approximate surface area is 191 Å². The van der Waals surface area contributed by atoms with Gasteiger partial charge < -0.3 is 4.90 Å². The van der Waals surface area contributed by atoms with Crippen molar-refractivity contribution in [1.29, 1.82) is 0 Å². The van der Waals surface area contributed by atoms with Gasteiger partial charge in [-0.1, -0.05) is 17.7 Å². The Morgan fingerprint density at radius 1 is 1.00 bits per heavy atom. The summed E-state index contributed by atoms with van der Waals surface area (Å²) >= 11 is 5.91. The Balaban J connectivity index is 1.36. The zero-order valence-corrected chi connectivity index (χ0v) is 19.0. The molecular weight excluding hydrogens is 450 g/mol. The first kappa shape index (κ1) is 21.4. The predicted octanol–water partition coefficient (Wildman–Crippen LogP) is 3.15. The van der Waals surface area contributed by atoms with Crippen molar-refractivity contribution in [2.24, 2.45) is 5.92 Å². The number of carbonyl (C=O) groups is 1. The van der Waals surface area contributed by atoms with Crippen LogP contribution in [0.4, 0.5) is 0 Å². The van der Waals surface area contributed by atoms with Gasteiger partial charge in [0.25, 0.3) is 0 Å². The molecule has 1 amide bonds.